The predicted molar refractivity (Wildman–Crippen MR) is 121 cm³/mol. The van der Waals surface area contributed by atoms with Crippen LogP contribution in [0.4, 0.5) is 5.69 Å². The first-order valence-corrected chi connectivity index (χ1v) is 10.5. The Morgan fingerprint density at radius 3 is 2.55 bits per heavy atom. The number of fused-ring (bicyclic) bond motifs is 1. The Morgan fingerprint density at radius 1 is 1.13 bits per heavy atom. The minimum atomic E-state index is -0.252. The summed E-state index contributed by atoms with van der Waals surface area (Å²) in [5.74, 6) is 0.957. The summed E-state index contributed by atoms with van der Waals surface area (Å²) >= 11 is 6.33. The molecule has 0 saturated carbocycles. The number of imidazole rings is 1. The summed E-state index contributed by atoms with van der Waals surface area (Å²) in [4.78, 5) is 20.4. The Morgan fingerprint density at radius 2 is 1.87 bits per heavy atom. The highest BCUT2D eigenvalue weighted by Gasteiger charge is 2.19. The Bertz CT molecular complexity index is 1090. The number of piperazine rings is 1. The molecule has 1 aliphatic heterocycles. The highest BCUT2D eigenvalue weighted by atomic mass is 35.5. The van der Waals surface area contributed by atoms with Gasteiger partial charge in [0.05, 0.1) is 24.9 Å². The molecule has 1 saturated heterocycles. The van der Waals surface area contributed by atoms with Crippen molar-refractivity contribution in [3.05, 3.63) is 41.7 Å². The second kappa shape index (κ2) is 9.03. The van der Waals surface area contributed by atoms with Crippen molar-refractivity contribution >= 4 is 28.8 Å². The van der Waals surface area contributed by atoms with E-state index in [-0.39, 0.29) is 5.91 Å². The first-order chi connectivity index (χ1) is 15.0. The molecule has 1 aliphatic rings. The van der Waals surface area contributed by atoms with Crippen molar-refractivity contribution in [3.8, 4) is 22.8 Å². The molecule has 0 spiro atoms. The van der Waals surface area contributed by atoms with Crippen molar-refractivity contribution in [2.45, 2.75) is 6.42 Å². The number of halogens is 1. The summed E-state index contributed by atoms with van der Waals surface area (Å²) in [5, 5.41) is 0.505. The van der Waals surface area contributed by atoms with E-state index in [0.29, 0.717) is 22.9 Å². The van der Waals surface area contributed by atoms with E-state index in [9.17, 15) is 4.79 Å². The molecule has 1 amide bonds. The molecule has 31 heavy (non-hydrogen) atoms. The van der Waals surface area contributed by atoms with Crippen molar-refractivity contribution in [2.24, 2.45) is 5.73 Å². The average Bonchev–Trinajstić information content (AvgIpc) is 3.21. The first kappa shape index (κ1) is 21.3. The van der Waals surface area contributed by atoms with E-state index >= 15 is 0 Å². The molecule has 2 aromatic heterocycles. The first-order valence-electron chi connectivity index (χ1n) is 10.1. The second-order valence-corrected chi connectivity index (χ2v) is 7.92. The van der Waals surface area contributed by atoms with Gasteiger partial charge in [-0.05, 0) is 12.1 Å². The van der Waals surface area contributed by atoms with Crippen LogP contribution in [0.2, 0.25) is 5.02 Å². The zero-order valence-corrected chi connectivity index (χ0v) is 18.4. The van der Waals surface area contributed by atoms with Gasteiger partial charge in [0, 0.05) is 74.9 Å². The van der Waals surface area contributed by atoms with Gasteiger partial charge in [-0.15, -0.1) is 0 Å². The third-order valence-electron chi connectivity index (χ3n) is 5.61. The Labute approximate surface area is 186 Å². The molecule has 0 radical (unpaired) electrons. The van der Waals surface area contributed by atoms with E-state index in [1.807, 2.05) is 22.9 Å². The molecular formula is C22H26ClN5O3. The zero-order valence-electron chi connectivity index (χ0n) is 17.7. The van der Waals surface area contributed by atoms with Gasteiger partial charge in [-0.3, -0.25) is 9.69 Å². The van der Waals surface area contributed by atoms with E-state index < -0.39 is 0 Å². The van der Waals surface area contributed by atoms with Crippen LogP contribution in [0.3, 0.4) is 0 Å². The van der Waals surface area contributed by atoms with Crippen LogP contribution in [-0.4, -0.2) is 67.1 Å². The monoisotopic (exact) mass is 443 g/mol. The molecule has 1 aromatic carbocycles. The van der Waals surface area contributed by atoms with E-state index in [1.165, 1.54) is 0 Å². The number of pyridine rings is 1. The topological polar surface area (TPSA) is 85.3 Å². The van der Waals surface area contributed by atoms with Gasteiger partial charge in [0.1, 0.15) is 17.1 Å². The second-order valence-electron chi connectivity index (χ2n) is 7.51. The molecule has 8 nitrogen and oxygen atoms in total. The molecule has 9 heteroatoms. The number of carbonyl (C=O) groups is 1. The lowest BCUT2D eigenvalue weighted by Crippen LogP contribution is -2.47. The molecule has 3 aromatic rings. The SMILES string of the molecule is COc1cc(OC)c(-c2cn3ccc(N4CCN(CCC(N)=O)CC4)cc3n2)cc1Cl. The molecule has 0 atom stereocenters. The summed E-state index contributed by atoms with van der Waals surface area (Å²) in [6.07, 6.45) is 4.38. The van der Waals surface area contributed by atoms with E-state index in [2.05, 4.69) is 21.9 Å². The molecule has 0 bridgehead atoms. The summed E-state index contributed by atoms with van der Waals surface area (Å²) in [7, 11) is 3.19. The van der Waals surface area contributed by atoms with Crippen LogP contribution in [0.25, 0.3) is 16.9 Å². The third kappa shape index (κ3) is 4.55. The number of amides is 1. The quantitative estimate of drug-likeness (QED) is 0.604. The smallest absolute Gasteiger partial charge is 0.218 e. The maximum atomic E-state index is 11.0. The lowest BCUT2D eigenvalue weighted by Gasteiger charge is -2.35. The number of hydrogen-bond acceptors (Lipinski definition) is 6. The van der Waals surface area contributed by atoms with Crippen molar-refractivity contribution in [1.29, 1.82) is 0 Å². The number of rotatable bonds is 7. The predicted octanol–water partition coefficient (Wildman–Crippen LogP) is 2.67. The number of ether oxygens (including phenoxy) is 2. The minimum Gasteiger partial charge on any atom is -0.496 e. The van der Waals surface area contributed by atoms with Crippen LogP contribution in [0, 0.1) is 0 Å². The van der Waals surface area contributed by atoms with Crippen LogP contribution in [0.5, 0.6) is 11.5 Å². The van der Waals surface area contributed by atoms with Gasteiger partial charge in [0.15, 0.2) is 0 Å². The molecule has 2 N–H and O–H groups in total. The summed E-state index contributed by atoms with van der Waals surface area (Å²) in [6.45, 7) is 4.31. The van der Waals surface area contributed by atoms with E-state index in [1.54, 1.807) is 20.3 Å². The average molecular weight is 444 g/mol. The molecule has 4 rings (SSSR count). The lowest BCUT2D eigenvalue weighted by atomic mass is 10.1. The largest absolute Gasteiger partial charge is 0.496 e. The van der Waals surface area contributed by atoms with Crippen molar-refractivity contribution in [1.82, 2.24) is 14.3 Å². The number of carbonyl (C=O) groups excluding carboxylic acids is 1. The fraction of sp³-hybridized carbons (Fsp3) is 0.364. The fourth-order valence-electron chi connectivity index (χ4n) is 3.86. The normalized spacial score (nSPS) is 14.7. The van der Waals surface area contributed by atoms with Crippen molar-refractivity contribution < 1.29 is 14.3 Å². The maximum absolute atomic E-state index is 11.0. The van der Waals surface area contributed by atoms with E-state index in [0.717, 1.165) is 55.3 Å². The van der Waals surface area contributed by atoms with Crippen molar-refractivity contribution in [3.63, 3.8) is 0 Å². The maximum Gasteiger partial charge on any atom is 0.218 e. The Kier molecular flexibility index (Phi) is 6.20. The molecular weight excluding hydrogens is 418 g/mol. The Hall–Kier alpha value is -2.97. The van der Waals surface area contributed by atoms with Gasteiger partial charge in [0.25, 0.3) is 0 Å². The standard InChI is InChI=1S/C22H26ClN5O3/c1-30-19-13-20(31-2)17(23)12-16(19)18-14-28-6-3-15(11-22(28)25-18)27-9-7-26(8-10-27)5-4-21(24)29/h3,6,11-14H,4-5,7-10H2,1-2H3,(H2,24,29). The van der Waals surface area contributed by atoms with E-state index in [4.69, 9.17) is 31.8 Å². The van der Waals surface area contributed by atoms with Crippen LogP contribution >= 0.6 is 11.6 Å². The highest BCUT2D eigenvalue weighted by molar-refractivity contribution is 6.32. The highest BCUT2D eigenvalue weighted by Crippen LogP contribution is 2.38. The van der Waals surface area contributed by atoms with Crippen LogP contribution < -0.4 is 20.1 Å². The van der Waals surface area contributed by atoms with Crippen LogP contribution in [-0.2, 0) is 4.79 Å². The fourth-order valence-corrected chi connectivity index (χ4v) is 4.10. The molecule has 3 heterocycles. The van der Waals surface area contributed by atoms with Crippen LogP contribution in [0.15, 0.2) is 36.7 Å². The number of anilines is 1. The number of nitrogens with two attached hydrogens (primary N) is 1. The van der Waals surface area contributed by atoms with Gasteiger partial charge < -0.3 is 24.5 Å². The van der Waals surface area contributed by atoms with Gasteiger partial charge >= 0.3 is 0 Å². The lowest BCUT2D eigenvalue weighted by molar-refractivity contribution is -0.118. The molecule has 164 valence electrons. The van der Waals surface area contributed by atoms with Gasteiger partial charge in [0.2, 0.25) is 5.91 Å². The zero-order chi connectivity index (χ0) is 22.0. The van der Waals surface area contributed by atoms with Gasteiger partial charge in [-0.25, -0.2) is 4.98 Å². The Balaban J connectivity index is 1.55. The van der Waals surface area contributed by atoms with Gasteiger partial charge in [-0.1, -0.05) is 11.6 Å². The number of methoxy groups -OCH3 is 2. The number of benzene rings is 1. The molecule has 0 aliphatic carbocycles. The number of primary amides is 1. The summed E-state index contributed by atoms with van der Waals surface area (Å²) in [5.41, 5.74) is 8.81. The van der Waals surface area contributed by atoms with Crippen LogP contribution in [0.1, 0.15) is 6.42 Å². The summed E-state index contributed by atoms with van der Waals surface area (Å²) in [6, 6.07) is 7.76. The minimum absolute atomic E-state index is 0.252. The molecule has 1 fully saturated rings. The molecule has 0 unspecified atom stereocenters. The number of hydrogen-bond donors (Lipinski definition) is 1. The van der Waals surface area contributed by atoms with Crippen molar-refractivity contribution in [2.75, 3.05) is 51.8 Å². The van der Waals surface area contributed by atoms with Gasteiger partial charge in [-0.2, -0.15) is 0 Å². The number of nitrogens with zero attached hydrogens (tertiary/aromatic N) is 4. The third-order valence-corrected chi connectivity index (χ3v) is 5.90. The summed E-state index contributed by atoms with van der Waals surface area (Å²) < 4.78 is 12.8. The number of aromatic nitrogens is 2.